The van der Waals surface area contributed by atoms with E-state index in [1.54, 1.807) is 23.1 Å². The third-order valence-corrected chi connectivity index (χ3v) is 3.81. The molecule has 0 heterocycles. The summed E-state index contributed by atoms with van der Waals surface area (Å²) < 4.78 is 0.871. The van der Waals surface area contributed by atoms with E-state index in [2.05, 4.69) is 33.9 Å². The zero-order chi connectivity index (χ0) is 15.1. The molecule has 0 saturated heterocycles. The van der Waals surface area contributed by atoms with Gasteiger partial charge < -0.3 is 10.2 Å². The van der Waals surface area contributed by atoms with Crippen molar-refractivity contribution >= 4 is 40.4 Å². The number of hydrogen-bond acceptors (Lipinski definition) is 3. The van der Waals surface area contributed by atoms with E-state index in [1.165, 1.54) is 0 Å². The van der Waals surface area contributed by atoms with Crippen LogP contribution in [-0.2, 0) is 4.79 Å². The highest BCUT2D eigenvalue weighted by Crippen LogP contribution is 2.19. The summed E-state index contributed by atoms with van der Waals surface area (Å²) in [4.78, 5) is 26.1. The highest BCUT2D eigenvalue weighted by atomic mass is 79.9. The van der Waals surface area contributed by atoms with Gasteiger partial charge in [-0.2, -0.15) is 0 Å². The largest absolute Gasteiger partial charge is 0.351 e. The minimum absolute atomic E-state index is 0.0530. The van der Waals surface area contributed by atoms with Crippen molar-refractivity contribution in [2.24, 2.45) is 0 Å². The molecule has 4 nitrogen and oxygen atoms in total. The lowest BCUT2D eigenvalue weighted by Gasteiger charge is -2.18. The number of nitrogens with zero attached hydrogens (tertiary/aromatic N) is 1. The van der Waals surface area contributed by atoms with Crippen LogP contribution in [0.2, 0.25) is 0 Å². The molecule has 20 heavy (non-hydrogen) atoms. The van der Waals surface area contributed by atoms with Gasteiger partial charge in [0.05, 0.1) is 5.56 Å². The Hall–Kier alpha value is -1.01. The highest BCUT2D eigenvalue weighted by Gasteiger charge is 2.12. The number of benzene rings is 1. The van der Waals surface area contributed by atoms with Crippen molar-refractivity contribution in [1.29, 1.82) is 0 Å². The average molecular weight is 359 g/mol. The van der Waals surface area contributed by atoms with Crippen molar-refractivity contribution in [2.45, 2.75) is 25.2 Å². The molecule has 0 atom stereocenters. The van der Waals surface area contributed by atoms with E-state index in [0.29, 0.717) is 36.5 Å². The summed E-state index contributed by atoms with van der Waals surface area (Å²) in [6.45, 7) is 5.59. The van der Waals surface area contributed by atoms with Gasteiger partial charge in [-0.05, 0) is 32.0 Å². The van der Waals surface area contributed by atoms with E-state index in [9.17, 15) is 9.59 Å². The molecule has 0 aliphatic carbocycles. The summed E-state index contributed by atoms with van der Waals surface area (Å²) in [6.07, 6.45) is 0.311. The number of halogens is 1. The lowest BCUT2D eigenvalue weighted by atomic mass is 10.2. The molecular formula is C14H19BrN2O2S. The fourth-order valence-corrected chi connectivity index (χ4v) is 2.66. The molecule has 1 aromatic carbocycles. The molecule has 0 aliphatic heterocycles. The molecule has 1 rings (SSSR count). The van der Waals surface area contributed by atoms with Gasteiger partial charge in [0.2, 0.25) is 5.91 Å². The summed E-state index contributed by atoms with van der Waals surface area (Å²) in [5.74, 6) is -0.160. The van der Waals surface area contributed by atoms with Crippen molar-refractivity contribution < 1.29 is 9.59 Å². The molecule has 0 radical (unpaired) electrons. The van der Waals surface area contributed by atoms with Crippen LogP contribution in [0, 0.1) is 0 Å². The number of amides is 2. The van der Waals surface area contributed by atoms with E-state index in [1.807, 2.05) is 13.8 Å². The summed E-state index contributed by atoms with van der Waals surface area (Å²) in [7, 11) is 0. The molecule has 0 spiro atoms. The van der Waals surface area contributed by atoms with Gasteiger partial charge in [0.15, 0.2) is 0 Å². The second kappa shape index (κ2) is 8.32. The van der Waals surface area contributed by atoms with Crippen LogP contribution < -0.4 is 5.32 Å². The highest BCUT2D eigenvalue weighted by molar-refractivity contribution is 9.10. The van der Waals surface area contributed by atoms with Crippen molar-refractivity contribution in [1.82, 2.24) is 10.2 Å². The van der Waals surface area contributed by atoms with Crippen LogP contribution in [0.15, 0.2) is 27.6 Å². The quantitative estimate of drug-likeness (QED) is 0.768. The molecular weight excluding hydrogens is 340 g/mol. The third-order valence-electron chi connectivity index (χ3n) is 2.94. The molecule has 0 unspecified atom stereocenters. The molecule has 1 aromatic rings. The minimum Gasteiger partial charge on any atom is -0.351 e. The van der Waals surface area contributed by atoms with Crippen LogP contribution >= 0.6 is 28.6 Å². The first-order valence-electron chi connectivity index (χ1n) is 6.54. The van der Waals surface area contributed by atoms with Crippen LogP contribution in [-0.4, -0.2) is 36.3 Å². The van der Waals surface area contributed by atoms with Gasteiger partial charge in [-0.1, -0.05) is 15.9 Å². The van der Waals surface area contributed by atoms with E-state index in [-0.39, 0.29) is 11.8 Å². The summed E-state index contributed by atoms with van der Waals surface area (Å²) in [6, 6.07) is 5.25. The smallest absolute Gasteiger partial charge is 0.252 e. The standard InChI is InChI=1S/C14H19BrN2O2S/c1-3-17(4-2)13(18)7-8-16-14(19)11-6-5-10(15)9-12(11)20/h5-6,9,20H,3-4,7-8H2,1-2H3,(H,16,19). The number of nitrogens with one attached hydrogen (secondary N) is 1. The Kier molecular flexibility index (Phi) is 7.09. The predicted molar refractivity (Wildman–Crippen MR) is 86.3 cm³/mol. The van der Waals surface area contributed by atoms with Gasteiger partial charge in [0.25, 0.3) is 5.91 Å². The molecule has 0 aliphatic rings. The van der Waals surface area contributed by atoms with Crippen molar-refractivity contribution in [2.75, 3.05) is 19.6 Å². The molecule has 1 N–H and O–H groups in total. The summed E-state index contributed by atoms with van der Waals surface area (Å²) >= 11 is 7.58. The Morgan fingerprint density at radius 1 is 1.30 bits per heavy atom. The summed E-state index contributed by atoms with van der Waals surface area (Å²) in [5.41, 5.74) is 0.506. The zero-order valence-corrected chi connectivity index (χ0v) is 14.1. The van der Waals surface area contributed by atoms with E-state index >= 15 is 0 Å². The topological polar surface area (TPSA) is 49.4 Å². The molecule has 2 amide bonds. The average Bonchev–Trinajstić information content (AvgIpc) is 2.39. The molecule has 0 aromatic heterocycles. The van der Waals surface area contributed by atoms with Crippen LogP contribution in [0.3, 0.4) is 0 Å². The SMILES string of the molecule is CCN(CC)C(=O)CCNC(=O)c1ccc(Br)cc1S. The lowest BCUT2D eigenvalue weighted by molar-refractivity contribution is -0.130. The predicted octanol–water partition coefficient (Wildman–Crippen LogP) is 2.73. The Morgan fingerprint density at radius 3 is 2.50 bits per heavy atom. The molecule has 110 valence electrons. The van der Waals surface area contributed by atoms with Crippen LogP contribution in [0.5, 0.6) is 0 Å². The van der Waals surface area contributed by atoms with E-state index in [0.717, 1.165) is 4.47 Å². The fourth-order valence-electron chi connectivity index (χ4n) is 1.81. The van der Waals surface area contributed by atoms with Crippen molar-refractivity contribution in [3.63, 3.8) is 0 Å². The monoisotopic (exact) mass is 358 g/mol. The first-order chi connectivity index (χ1) is 9.49. The molecule has 0 fully saturated rings. The number of thiol groups is 1. The Balaban J connectivity index is 2.50. The minimum atomic E-state index is -0.213. The third kappa shape index (κ3) is 4.83. The zero-order valence-electron chi connectivity index (χ0n) is 11.6. The van der Waals surface area contributed by atoms with Crippen molar-refractivity contribution in [3.05, 3.63) is 28.2 Å². The van der Waals surface area contributed by atoms with Crippen LogP contribution in [0.4, 0.5) is 0 Å². The van der Waals surface area contributed by atoms with Crippen LogP contribution in [0.25, 0.3) is 0 Å². The Morgan fingerprint density at radius 2 is 1.95 bits per heavy atom. The van der Waals surface area contributed by atoms with Gasteiger partial charge in [0.1, 0.15) is 0 Å². The second-order valence-corrected chi connectivity index (χ2v) is 5.63. The van der Waals surface area contributed by atoms with Crippen LogP contribution in [0.1, 0.15) is 30.6 Å². The first kappa shape index (κ1) is 17.0. The van der Waals surface area contributed by atoms with Gasteiger partial charge in [-0.25, -0.2) is 0 Å². The maximum atomic E-state index is 12.0. The molecule has 6 heteroatoms. The van der Waals surface area contributed by atoms with Gasteiger partial charge in [-0.3, -0.25) is 9.59 Å². The number of carbonyl (C=O) groups excluding carboxylic acids is 2. The number of hydrogen-bond donors (Lipinski definition) is 2. The van der Waals surface area contributed by atoms with Gasteiger partial charge in [-0.15, -0.1) is 12.6 Å². The second-order valence-electron chi connectivity index (χ2n) is 4.23. The maximum absolute atomic E-state index is 12.0. The lowest BCUT2D eigenvalue weighted by Crippen LogP contribution is -2.34. The fraction of sp³-hybridized carbons (Fsp3) is 0.429. The van der Waals surface area contributed by atoms with E-state index < -0.39 is 0 Å². The first-order valence-corrected chi connectivity index (χ1v) is 7.78. The van der Waals surface area contributed by atoms with E-state index in [4.69, 9.17) is 0 Å². The van der Waals surface area contributed by atoms with Crippen molar-refractivity contribution in [3.8, 4) is 0 Å². The number of rotatable bonds is 6. The molecule has 0 bridgehead atoms. The Labute approximate surface area is 133 Å². The summed E-state index contributed by atoms with van der Waals surface area (Å²) in [5, 5.41) is 2.74. The Bertz CT molecular complexity index is 490. The molecule has 0 saturated carbocycles. The van der Waals surface area contributed by atoms with Gasteiger partial charge >= 0.3 is 0 Å². The van der Waals surface area contributed by atoms with Gasteiger partial charge in [0, 0.05) is 35.4 Å². The normalized spacial score (nSPS) is 10.2. The maximum Gasteiger partial charge on any atom is 0.252 e. The number of carbonyl (C=O) groups is 2.